The van der Waals surface area contributed by atoms with Gasteiger partial charge in [-0.1, -0.05) is 19.1 Å². The molecular weight excluding hydrogens is 274 g/mol. The number of rotatable bonds is 8. The average molecular weight is 299 g/mol. The molecule has 0 aliphatic heterocycles. The molecule has 20 heavy (non-hydrogen) atoms. The van der Waals surface area contributed by atoms with E-state index >= 15 is 0 Å². The van der Waals surface area contributed by atoms with Crippen molar-refractivity contribution in [1.82, 2.24) is 0 Å². The molecule has 0 bridgehead atoms. The van der Waals surface area contributed by atoms with Crippen molar-refractivity contribution in [3.63, 3.8) is 0 Å². The molecule has 1 N–H and O–H groups in total. The van der Waals surface area contributed by atoms with Gasteiger partial charge in [0, 0.05) is 19.2 Å². The minimum Gasteiger partial charge on any atom is -0.396 e. The zero-order valence-corrected chi connectivity index (χ0v) is 13.4. The monoisotopic (exact) mass is 299 g/mol. The maximum atomic E-state index is 12.4. The molecule has 0 aromatic heterocycles. The standard InChI is InChI=1S/C15H25NO3S/c1-4-12-20(18,19)15-9-6-5-8-14(15)16(13(2)3)10-7-11-17/h5-6,8-9,13,17H,4,7,10-12H2,1-3H3. The van der Waals surface area contributed by atoms with Crippen LogP contribution in [-0.4, -0.2) is 38.5 Å². The molecule has 0 saturated heterocycles. The summed E-state index contributed by atoms with van der Waals surface area (Å²) < 4.78 is 24.8. The van der Waals surface area contributed by atoms with Crippen LogP contribution in [0.4, 0.5) is 5.69 Å². The van der Waals surface area contributed by atoms with Crippen LogP contribution in [0.15, 0.2) is 29.2 Å². The first-order chi connectivity index (χ1) is 9.44. The lowest BCUT2D eigenvalue weighted by Gasteiger charge is -2.30. The highest BCUT2D eigenvalue weighted by molar-refractivity contribution is 7.91. The van der Waals surface area contributed by atoms with Crippen molar-refractivity contribution in [3.8, 4) is 0 Å². The van der Waals surface area contributed by atoms with Crippen molar-refractivity contribution in [2.24, 2.45) is 0 Å². The van der Waals surface area contributed by atoms with Crippen LogP contribution in [0.2, 0.25) is 0 Å². The second kappa shape index (κ2) is 7.64. The second-order valence-corrected chi connectivity index (χ2v) is 7.23. The van der Waals surface area contributed by atoms with E-state index in [0.29, 0.717) is 24.3 Å². The van der Waals surface area contributed by atoms with E-state index in [-0.39, 0.29) is 18.4 Å². The highest BCUT2D eigenvalue weighted by Crippen LogP contribution is 2.28. The van der Waals surface area contributed by atoms with E-state index in [2.05, 4.69) is 0 Å². The van der Waals surface area contributed by atoms with Crippen molar-refractivity contribution in [2.75, 3.05) is 23.8 Å². The lowest BCUT2D eigenvalue weighted by Crippen LogP contribution is -2.33. The minimum absolute atomic E-state index is 0.104. The third kappa shape index (κ3) is 4.21. The Bertz CT molecular complexity index is 512. The molecule has 0 unspecified atom stereocenters. The van der Waals surface area contributed by atoms with Crippen molar-refractivity contribution >= 4 is 15.5 Å². The van der Waals surface area contributed by atoms with Crippen molar-refractivity contribution in [3.05, 3.63) is 24.3 Å². The zero-order valence-electron chi connectivity index (χ0n) is 12.5. The lowest BCUT2D eigenvalue weighted by molar-refractivity contribution is 0.288. The summed E-state index contributed by atoms with van der Waals surface area (Å²) >= 11 is 0. The van der Waals surface area contributed by atoms with Crippen LogP contribution in [0.3, 0.4) is 0 Å². The fourth-order valence-corrected chi connectivity index (χ4v) is 3.78. The Kier molecular flexibility index (Phi) is 6.49. The summed E-state index contributed by atoms with van der Waals surface area (Å²) in [6.07, 6.45) is 1.23. The van der Waals surface area contributed by atoms with Gasteiger partial charge in [-0.2, -0.15) is 0 Å². The van der Waals surface area contributed by atoms with Crippen LogP contribution < -0.4 is 4.90 Å². The molecule has 4 nitrogen and oxygen atoms in total. The van der Waals surface area contributed by atoms with Gasteiger partial charge >= 0.3 is 0 Å². The Labute approximate surface area is 122 Å². The SMILES string of the molecule is CCCS(=O)(=O)c1ccccc1N(CCCO)C(C)C. The van der Waals surface area contributed by atoms with Crippen molar-refractivity contribution in [2.45, 2.75) is 44.6 Å². The number of sulfone groups is 1. The summed E-state index contributed by atoms with van der Waals surface area (Å²) in [6.45, 7) is 6.67. The fraction of sp³-hybridized carbons (Fsp3) is 0.600. The Hall–Kier alpha value is -1.07. The summed E-state index contributed by atoms with van der Waals surface area (Å²) in [7, 11) is -3.25. The molecule has 0 spiro atoms. The third-order valence-electron chi connectivity index (χ3n) is 3.16. The number of hydrogen-bond donors (Lipinski definition) is 1. The molecule has 0 amide bonds. The predicted molar refractivity (Wildman–Crippen MR) is 83.0 cm³/mol. The predicted octanol–water partition coefficient (Wildman–Crippen LogP) is 2.47. The Morgan fingerprint density at radius 3 is 2.45 bits per heavy atom. The van der Waals surface area contributed by atoms with Gasteiger partial charge in [0.2, 0.25) is 0 Å². The van der Waals surface area contributed by atoms with Gasteiger partial charge < -0.3 is 10.0 Å². The highest BCUT2D eigenvalue weighted by atomic mass is 32.2. The van der Waals surface area contributed by atoms with Gasteiger partial charge in [0.05, 0.1) is 16.3 Å². The van der Waals surface area contributed by atoms with Crippen molar-refractivity contribution in [1.29, 1.82) is 0 Å². The molecule has 0 aliphatic rings. The normalized spacial score (nSPS) is 11.8. The van der Waals surface area contributed by atoms with Crippen LogP contribution in [0.25, 0.3) is 0 Å². The number of nitrogens with zero attached hydrogens (tertiary/aromatic N) is 1. The minimum atomic E-state index is -3.25. The molecule has 0 heterocycles. The van der Waals surface area contributed by atoms with Crippen LogP contribution in [0.5, 0.6) is 0 Å². The summed E-state index contributed by atoms with van der Waals surface area (Å²) in [5.74, 6) is 0.163. The largest absolute Gasteiger partial charge is 0.396 e. The molecule has 0 fully saturated rings. The van der Waals surface area contributed by atoms with Crippen LogP contribution >= 0.6 is 0 Å². The smallest absolute Gasteiger partial charge is 0.180 e. The van der Waals surface area contributed by atoms with Crippen molar-refractivity contribution < 1.29 is 13.5 Å². The van der Waals surface area contributed by atoms with Gasteiger partial charge in [0.15, 0.2) is 9.84 Å². The molecule has 1 aromatic carbocycles. The molecule has 5 heteroatoms. The first-order valence-corrected chi connectivity index (χ1v) is 8.78. The number of para-hydroxylation sites is 1. The zero-order chi connectivity index (χ0) is 15.2. The quantitative estimate of drug-likeness (QED) is 0.801. The fourth-order valence-electron chi connectivity index (χ4n) is 2.23. The number of aliphatic hydroxyl groups excluding tert-OH is 1. The average Bonchev–Trinajstić information content (AvgIpc) is 2.39. The van der Waals surface area contributed by atoms with E-state index in [1.807, 2.05) is 37.8 Å². The highest BCUT2D eigenvalue weighted by Gasteiger charge is 2.22. The molecule has 0 saturated carbocycles. The van der Waals surface area contributed by atoms with Gasteiger partial charge in [-0.25, -0.2) is 8.42 Å². The molecule has 0 atom stereocenters. The van der Waals surface area contributed by atoms with Gasteiger partial charge in [-0.05, 0) is 38.8 Å². The molecular formula is C15H25NO3S. The molecule has 1 aromatic rings. The maximum Gasteiger partial charge on any atom is 0.180 e. The topological polar surface area (TPSA) is 57.6 Å². The van der Waals surface area contributed by atoms with E-state index in [1.165, 1.54) is 0 Å². The maximum absolute atomic E-state index is 12.4. The number of anilines is 1. The number of benzene rings is 1. The van der Waals surface area contributed by atoms with E-state index in [1.54, 1.807) is 12.1 Å². The van der Waals surface area contributed by atoms with E-state index in [9.17, 15) is 8.42 Å². The van der Waals surface area contributed by atoms with E-state index in [4.69, 9.17) is 5.11 Å². The first-order valence-electron chi connectivity index (χ1n) is 7.13. The number of aliphatic hydroxyl groups is 1. The molecule has 0 aliphatic carbocycles. The molecule has 0 radical (unpaired) electrons. The van der Waals surface area contributed by atoms with E-state index < -0.39 is 9.84 Å². The molecule has 1 rings (SSSR count). The van der Waals surface area contributed by atoms with Gasteiger partial charge in [-0.3, -0.25) is 0 Å². The summed E-state index contributed by atoms with van der Waals surface area (Å²) in [4.78, 5) is 2.44. The number of hydrogen-bond acceptors (Lipinski definition) is 4. The first kappa shape index (κ1) is 17.0. The summed E-state index contributed by atoms with van der Waals surface area (Å²) in [5, 5.41) is 9.01. The Morgan fingerprint density at radius 1 is 1.25 bits per heavy atom. The van der Waals surface area contributed by atoms with Crippen LogP contribution in [0, 0.1) is 0 Å². The second-order valence-electron chi connectivity index (χ2n) is 5.15. The Morgan fingerprint density at radius 2 is 1.90 bits per heavy atom. The van der Waals surface area contributed by atoms with Gasteiger partial charge in [-0.15, -0.1) is 0 Å². The molecule has 114 valence electrons. The lowest BCUT2D eigenvalue weighted by atomic mass is 10.2. The van der Waals surface area contributed by atoms with Gasteiger partial charge in [0.25, 0.3) is 0 Å². The van der Waals surface area contributed by atoms with Gasteiger partial charge in [0.1, 0.15) is 0 Å². The Balaban J connectivity index is 3.22. The summed E-state index contributed by atoms with van der Waals surface area (Å²) in [5.41, 5.74) is 0.740. The third-order valence-corrected chi connectivity index (χ3v) is 5.12. The van der Waals surface area contributed by atoms with Crippen LogP contribution in [-0.2, 0) is 9.84 Å². The van der Waals surface area contributed by atoms with E-state index in [0.717, 1.165) is 5.69 Å². The van der Waals surface area contributed by atoms with Crippen LogP contribution in [0.1, 0.15) is 33.6 Å². The summed E-state index contributed by atoms with van der Waals surface area (Å²) in [6, 6.07) is 7.32.